The summed E-state index contributed by atoms with van der Waals surface area (Å²) in [6, 6.07) is 11.7. The van der Waals surface area contributed by atoms with Crippen LogP contribution in [-0.2, 0) is 32.1 Å². The minimum atomic E-state index is -4.30. The highest BCUT2D eigenvalue weighted by molar-refractivity contribution is 7.85. The third-order valence-corrected chi connectivity index (χ3v) is 10.6. The van der Waals surface area contributed by atoms with Gasteiger partial charge < -0.3 is 14.7 Å². The zero-order chi connectivity index (χ0) is 28.2. The molecule has 2 aromatic rings. The van der Waals surface area contributed by atoms with Gasteiger partial charge in [0.1, 0.15) is 0 Å². The molecule has 0 saturated heterocycles. The van der Waals surface area contributed by atoms with Gasteiger partial charge in [-0.25, -0.2) is 0 Å². The zero-order valence-electron chi connectivity index (χ0n) is 23.6. The Morgan fingerprint density at radius 2 is 1.82 bits per heavy atom. The van der Waals surface area contributed by atoms with Gasteiger partial charge in [0.15, 0.2) is 12.3 Å². The molecule has 2 aromatic carbocycles. The maximum atomic E-state index is 12.0. The van der Waals surface area contributed by atoms with Crippen LogP contribution in [0.25, 0.3) is 0 Å². The van der Waals surface area contributed by atoms with E-state index in [1.165, 1.54) is 39.7 Å². The highest BCUT2D eigenvalue weighted by atomic mass is 32.2. The molecule has 5 aliphatic rings. The topological polar surface area (TPSA) is 90.1 Å². The molecule has 0 saturated carbocycles. The van der Waals surface area contributed by atoms with E-state index in [0.717, 1.165) is 55.7 Å². The number of fused-ring (bicyclic) bond motifs is 8. The molecule has 0 fully saturated rings. The second kappa shape index (κ2) is 8.61. The Morgan fingerprint density at radius 3 is 2.58 bits per heavy atom. The first-order valence-electron chi connectivity index (χ1n) is 14.3. The van der Waals surface area contributed by atoms with E-state index in [2.05, 4.69) is 61.4 Å². The van der Waals surface area contributed by atoms with Crippen molar-refractivity contribution >= 4 is 27.2 Å². The number of aryl methyl sites for hydroxylation is 1. The van der Waals surface area contributed by atoms with Crippen LogP contribution in [0.5, 0.6) is 0 Å². The van der Waals surface area contributed by atoms with Gasteiger partial charge >= 0.3 is 0 Å². The Bertz CT molecular complexity index is 1660. The Morgan fingerprint density at radius 1 is 1.02 bits per heavy atom. The summed E-state index contributed by atoms with van der Waals surface area (Å²) < 4.78 is 42.9. The molecule has 2 N–H and O–H groups in total. The normalized spacial score (nSPS) is 25.6. The van der Waals surface area contributed by atoms with Gasteiger partial charge in [0.2, 0.25) is 5.69 Å². The van der Waals surface area contributed by atoms with Crippen molar-refractivity contribution in [3.8, 4) is 0 Å². The minimum absolute atomic E-state index is 0.00115. The van der Waals surface area contributed by atoms with Crippen LogP contribution in [-0.4, -0.2) is 60.3 Å². The largest absolute Gasteiger partial charge is 0.396 e. The molecule has 0 spiro atoms. The molecule has 0 radical (unpaired) electrons. The molecule has 7 nitrogen and oxygen atoms in total. The Balaban J connectivity index is 1.37. The number of aliphatic hydroxyl groups excluding tert-OH is 1. The predicted octanol–water partition coefficient (Wildman–Crippen LogP) is 4.79. The summed E-state index contributed by atoms with van der Waals surface area (Å²) in [6.45, 7) is 10.8. The lowest BCUT2D eigenvalue weighted by Crippen LogP contribution is -2.47. The van der Waals surface area contributed by atoms with Gasteiger partial charge in [0, 0.05) is 59.1 Å². The molecule has 7 rings (SSSR count). The smallest absolute Gasteiger partial charge is 0.294 e. The number of benzene rings is 2. The molecule has 0 aromatic heterocycles. The van der Waals surface area contributed by atoms with Gasteiger partial charge in [-0.2, -0.15) is 13.0 Å². The molecule has 8 heteroatoms. The van der Waals surface area contributed by atoms with Crippen LogP contribution in [0, 0.1) is 0 Å². The lowest BCUT2D eigenvalue weighted by molar-refractivity contribution is -0.445. The molecule has 210 valence electrons. The Labute approximate surface area is 236 Å². The fourth-order valence-electron chi connectivity index (χ4n) is 7.92. The van der Waals surface area contributed by atoms with Gasteiger partial charge in [0.05, 0.1) is 22.5 Å². The quantitative estimate of drug-likeness (QED) is 0.412. The first-order chi connectivity index (χ1) is 18.9. The fraction of sp³-hybridized carbons (Fsp3) is 0.469. The summed E-state index contributed by atoms with van der Waals surface area (Å²) in [4.78, 5) is 2.41. The highest BCUT2D eigenvalue weighted by Gasteiger charge is 2.54. The number of rotatable bonds is 4. The van der Waals surface area contributed by atoms with Crippen molar-refractivity contribution in [1.29, 1.82) is 0 Å². The van der Waals surface area contributed by atoms with Crippen LogP contribution in [0.2, 0.25) is 0 Å². The van der Waals surface area contributed by atoms with Gasteiger partial charge in [-0.15, -0.1) is 0 Å². The second-order valence-corrected chi connectivity index (χ2v) is 14.3. The predicted molar refractivity (Wildman–Crippen MR) is 154 cm³/mol. The van der Waals surface area contributed by atoms with Gasteiger partial charge in [-0.3, -0.25) is 4.55 Å². The van der Waals surface area contributed by atoms with Crippen molar-refractivity contribution in [2.45, 2.75) is 81.3 Å². The van der Waals surface area contributed by atoms with Crippen molar-refractivity contribution in [3.63, 3.8) is 0 Å². The standard InChI is InChI=1S/C32H36N2O5S/c1-31(2)23-16-19(6-5-15-35)7-9-25(23)33-13-11-27-21(29(31)33)18-22-28(39-27)12-14-34-26-10-8-20(40(36,37)38)17-24(26)32(3,4)30(22)34/h7-10,16-18,27-28,35H,5-6,11-15H2,1-4H3/p+1. The lowest BCUT2D eigenvalue weighted by atomic mass is 9.74. The summed E-state index contributed by atoms with van der Waals surface area (Å²) in [6.07, 6.45) is 5.86. The fourth-order valence-corrected chi connectivity index (χ4v) is 8.42. The maximum Gasteiger partial charge on any atom is 0.294 e. The molecular weight excluding hydrogens is 524 g/mol. The summed E-state index contributed by atoms with van der Waals surface area (Å²) in [7, 11) is -4.30. The van der Waals surface area contributed by atoms with Crippen molar-refractivity contribution < 1.29 is 27.4 Å². The first kappa shape index (κ1) is 26.1. The van der Waals surface area contributed by atoms with E-state index in [-0.39, 0.29) is 29.1 Å². The number of hydrogen-bond acceptors (Lipinski definition) is 5. The molecule has 0 amide bonds. The second-order valence-electron chi connectivity index (χ2n) is 12.8. The third kappa shape index (κ3) is 3.59. The van der Waals surface area contributed by atoms with E-state index < -0.39 is 15.5 Å². The summed E-state index contributed by atoms with van der Waals surface area (Å²) in [5.74, 6) is 0. The molecule has 0 aliphatic carbocycles. The number of aliphatic hydroxyl groups is 1. The summed E-state index contributed by atoms with van der Waals surface area (Å²) in [5, 5.41) is 9.35. The molecule has 2 unspecified atom stereocenters. The van der Waals surface area contributed by atoms with Gasteiger partial charge in [-0.1, -0.05) is 26.0 Å². The first-order valence-corrected chi connectivity index (χ1v) is 15.8. The number of allylic oxidation sites excluding steroid dienone is 1. The highest BCUT2D eigenvalue weighted by Crippen LogP contribution is 2.54. The molecule has 2 atom stereocenters. The monoisotopic (exact) mass is 561 g/mol. The van der Waals surface area contributed by atoms with Crippen molar-refractivity contribution in [1.82, 2.24) is 0 Å². The van der Waals surface area contributed by atoms with Crippen LogP contribution in [0.3, 0.4) is 0 Å². The van der Waals surface area contributed by atoms with E-state index in [1.54, 1.807) is 6.07 Å². The van der Waals surface area contributed by atoms with Crippen LogP contribution < -0.4 is 4.90 Å². The number of ether oxygens (including phenoxy) is 1. The molecule has 40 heavy (non-hydrogen) atoms. The average Bonchev–Trinajstić information content (AvgIpc) is 3.29. The Kier molecular flexibility index (Phi) is 5.63. The minimum Gasteiger partial charge on any atom is -0.396 e. The van der Waals surface area contributed by atoms with Crippen LogP contribution in [0.4, 0.5) is 11.4 Å². The van der Waals surface area contributed by atoms with E-state index in [1.807, 2.05) is 6.07 Å². The van der Waals surface area contributed by atoms with Crippen molar-refractivity contribution in [2.24, 2.45) is 0 Å². The zero-order valence-corrected chi connectivity index (χ0v) is 24.4. The average molecular weight is 562 g/mol. The molecule has 5 heterocycles. The van der Waals surface area contributed by atoms with Gasteiger partial charge in [-0.05, 0) is 68.5 Å². The molecule has 0 bridgehead atoms. The third-order valence-electron chi connectivity index (χ3n) is 9.71. The van der Waals surface area contributed by atoms with E-state index in [0.29, 0.717) is 0 Å². The van der Waals surface area contributed by atoms with E-state index in [4.69, 9.17) is 4.74 Å². The number of anilines is 1. The van der Waals surface area contributed by atoms with E-state index >= 15 is 0 Å². The van der Waals surface area contributed by atoms with Gasteiger partial charge in [0.25, 0.3) is 10.1 Å². The maximum absolute atomic E-state index is 12.0. The summed E-state index contributed by atoms with van der Waals surface area (Å²) >= 11 is 0. The lowest BCUT2D eigenvalue weighted by Gasteiger charge is -2.42. The molecular formula is C32H37N2O5S+. The molecule has 5 aliphatic heterocycles. The summed E-state index contributed by atoms with van der Waals surface area (Å²) in [5.41, 5.74) is 10.0. The van der Waals surface area contributed by atoms with Crippen molar-refractivity contribution in [2.75, 3.05) is 24.6 Å². The van der Waals surface area contributed by atoms with Crippen LogP contribution >= 0.6 is 0 Å². The van der Waals surface area contributed by atoms with E-state index in [9.17, 15) is 18.1 Å². The number of nitrogens with zero attached hydrogens (tertiary/aromatic N) is 2. The SMILES string of the molecule is CC1(C)C2=C3C=C4C5=[N+](CCC4OC3CCN2c2ccc(CCCO)cc21)c1ccc(S(=O)(=O)O)cc1C5(C)C. The van der Waals surface area contributed by atoms with Crippen LogP contribution in [0.15, 0.2) is 64.2 Å². The van der Waals surface area contributed by atoms with Crippen LogP contribution in [0.1, 0.15) is 63.6 Å². The Hall–Kier alpha value is -2.78. The number of hydrogen-bond donors (Lipinski definition) is 2. The van der Waals surface area contributed by atoms with Crippen molar-refractivity contribution in [3.05, 3.63) is 76.0 Å².